The molecule has 8 aromatic rings. The van der Waals surface area contributed by atoms with Gasteiger partial charge in [-0.25, -0.2) is 0 Å². The average Bonchev–Trinajstić information content (AvgIpc) is 3.80. The van der Waals surface area contributed by atoms with E-state index in [9.17, 15) is 0 Å². The van der Waals surface area contributed by atoms with E-state index < -0.39 is 0 Å². The summed E-state index contributed by atoms with van der Waals surface area (Å²) >= 11 is 0. The summed E-state index contributed by atoms with van der Waals surface area (Å²) in [6.45, 7) is 8.61. The third-order valence-electron chi connectivity index (χ3n) is 11.9. The third-order valence-corrected chi connectivity index (χ3v) is 11.9. The van der Waals surface area contributed by atoms with Gasteiger partial charge in [-0.15, -0.1) is 0 Å². The molecule has 2 aliphatic carbocycles. The van der Waals surface area contributed by atoms with Gasteiger partial charge in [0.05, 0.1) is 16.7 Å². The second kappa shape index (κ2) is 14.4. The van der Waals surface area contributed by atoms with Crippen LogP contribution in [0.1, 0.15) is 67.4 Å². The lowest BCUT2D eigenvalue weighted by atomic mass is 9.80. The Morgan fingerprint density at radius 1 is 0.825 bits per heavy atom. The van der Waals surface area contributed by atoms with Crippen molar-refractivity contribution in [3.8, 4) is 0 Å². The van der Waals surface area contributed by atoms with Crippen molar-refractivity contribution in [2.45, 2.75) is 51.4 Å². The highest BCUT2D eigenvalue weighted by atomic mass is 16.3. The number of hydrogen-bond donors (Lipinski definition) is 0. The molecular formula is C54H44N2O. The lowest BCUT2D eigenvalue weighted by molar-refractivity contribution is 0.596. The van der Waals surface area contributed by atoms with Crippen LogP contribution in [0.4, 0.5) is 17.1 Å². The number of fused-ring (bicyclic) bond motifs is 8. The minimum Gasteiger partial charge on any atom is -0.454 e. The van der Waals surface area contributed by atoms with Gasteiger partial charge in [0.2, 0.25) is 0 Å². The van der Waals surface area contributed by atoms with Crippen LogP contribution in [0.3, 0.4) is 0 Å². The van der Waals surface area contributed by atoms with Crippen molar-refractivity contribution in [3.63, 3.8) is 0 Å². The van der Waals surface area contributed by atoms with Crippen molar-refractivity contribution in [3.05, 3.63) is 198 Å². The molecule has 2 aromatic heterocycles. The number of aryl methyl sites for hydroxylation is 1. The molecule has 2 aliphatic rings. The van der Waals surface area contributed by atoms with Gasteiger partial charge in [-0.3, -0.25) is 0 Å². The minimum atomic E-state index is 0.275. The number of aromatic nitrogens is 1. The summed E-state index contributed by atoms with van der Waals surface area (Å²) in [6, 6.07) is 48.4. The van der Waals surface area contributed by atoms with E-state index >= 15 is 0 Å². The number of furan rings is 1. The van der Waals surface area contributed by atoms with Gasteiger partial charge in [-0.1, -0.05) is 110 Å². The fraction of sp³-hybridized carbons (Fsp3) is 0.148. The summed E-state index contributed by atoms with van der Waals surface area (Å²) in [5.74, 6) is 1.61. The number of allylic oxidation sites excluding steroid dienone is 8. The molecular weight excluding hydrogens is 693 g/mol. The summed E-state index contributed by atoms with van der Waals surface area (Å²) in [5, 5.41) is 5.98. The highest BCUT2D eigenvalue weighted by Crippen LogP contribution is 2.48. The van der Waals surface area contributed by atoms with Gasteiger partial charge < -0.3 is 13.9 Å². The van der Waals surface area contributed by atoms with Gasteiger partial charge in [0, 0.05) is 56.0 Å². The van der Waals surface area contributed by atoms with Crippen molar-refractivity contribution in [1.82, 2.24) is 4.57 Å². The van der Waals surface area contributed by atoms with Crippen molar-refractivity contribution in [2.75, 3.05) is 4.90 Å². The van der Waals surface area contributed by atoms with Gasteiger partial charge in [-0.2, -0.15) is 0 Å². The van der Waals surface area contributed by atoms with Crippen LogP contribution in [0, 0.1) is 12.1 Å². The Bertz CT molecular complexity index is 2950. The Morgan fingerprint density at radius 3 is 2.39 bits per heavy atom. The molecule has 2 heterocycles. The van der Waals surface area contributed by atoms with E-state index in [0.29, 0.717) is 5.92 Å². The fourth-order valence-corrected chi connectivity index (χ4v) is 9.15. The van der Waals surface area contributed by atoms with E-state index in [1.165, 1.54) is 38.4 Å². The molecule has 0 radical (unpaired) electrons. The Labute approximate surface area is 334 Å². The molecule has 2 atom stereocenters. The minimum absolute atomic E-state index is 0.275. The molecule has 10 rings (SSSR count). The standard InChI is InChI=1S/C54H44N2O/c1-4-5-21-49(36(2)3)56-50-22-13-11-20-46(50)52-47(35-48-45-19-12-14-23-51(45)57-54(48)53(52)56)40-26-24-38(25-27-40)39-28-31-43(32-29-39)55(42-17-7-6-8-18-42)44-33-30-37-15-9-10-16-41(37)34-44/h4-11,13-18,20-24,26,28-29,31-32,34-35,38,40H,2,12,19,25,27H2,1,3H3/b5-4-,49-21+. The van der Waals surface area contributed by atoms with Crippen LogP contribution in [0.5, 0.6) is 0 Å². The molecule has 0 fully saturated rings. The first-order chi connectivity index (χ1) is 28.1. The van der Waals surface area contributed by atoms with E-state index in [-0.39, 0.29) is 5.92 Å². The number of rotatable bonds is 8. The monoisotopic (exact) mass is 736 g/mol. The van der Waals surface area contributed by atoms with E-state index in [2.05, 4.69) is 194 Å². The maximum atomic E-state index is 6.82. The predicted molar refractivity (Wildman–Crippen MR) is 241 cm³/mol. The van der Waals surface area contributed by atoms with Gasteiger partial charge >= 0.3 is 0 Å². The van der Waals surface area contributed by atoms with Gasteiger partial charge in [0.25, 0.3) is 0 Å². The Morgan fingerprint density at radius 2 is 1.58 bits per heavy atom. The average molecular weight is 737 g/mol. The van der Waals surface area contributed by atoms with Crippen LogP contribution < -0.4 is 4.90 Å². The smallest absolute Gasteiger partial charge is 0.159 e. The maximum Gasteiger partial charge on any atom is 0.159 e. The summed E-state index contributed by atoms with van der Waals surface area (Å²) in [5.41, 5.74) is 12.6. The Kier molecular flexibility index (Phi) is 8.76. The predicted octanol–water partition coefficient (Wildman–Crippen LogP) is 14.9. The topological polar surface area (TPSA) is 21.3 Å². The number of hydrogen-bond acceptors (Lipinski definition) is 2. The second-order valence-corrected chi connectivity index (χ2v) is 15.5. The lowest BCUT2D eigenvalue weighted by Crippen LogP contribution is -2.10. The quantitative estimate of drug-likeness (QED) is 0.114. The number of benzene rings is 5. The van der Waals surface area contributed by atoms with Gasteiger partial charge in [0.15, 0.2) is 5.58 Å². The SMILES string of the molecule is C=C(C)/C(=C\C=C/C)n1c2ccccc2c2c(C3C=CC(c4ccc(N(c5c#cc6ccccc6c5)c5ccccc5)cc4)CC3)cc3c4c(oc3c21)C=CCC4. The van der Waals surface area contributed by atoms with Gasteiger partial charge in [-0.05, 0) is 128 Å². The van der Waals surface area contributed by atoms with Crippen LogP contribution in [0.2, 0.25) is 0 Å². The third kappa shape index (κ3) is 6.01. The van der Waals surface area contributed by atoms with Crippen LogP contribution in [0.25, 0.3) is 55.3 Å². The molecule has 0 bridgehead atoms. The first kappa shape index (κ1) is 34.7. The zero-order chi connectivity index (χ0) is 38.5. The van der Waals surface area contributed by atoms with E-state index in [0.717, 1.165) is 81.6 Å². The van der Waals surface area contributed by atoms with Crippen LogP contribution in [0.15, 0.2) is 168 Å². The molecule has 0 amide bonds. The van der Waals surface area contributed by atoms with Crippen molar-refractivity contribution < 1.29 is 4.42 Å². The second-order valence-electron chi connectivity index (χ2n) is 15.5. The molecule has 0 spiro atoms. The van der Waals surface area contributed by atoms with E-state index in [1.54, 1.807) is 0 Å². The zero-order valence-corrected chi connectivity index (χ0v) is 32.5. The Hall–Kier alpha value is -6.76. The zero-order valence-electron chi connectivity index (χ0n) is 32.5. The first-order valence-electron chi connectivity index (χ1n) is 20.2. The normalized spacial score (nSPS) is 16.8. The molecule has 0 N–H and O–H groups in total. The van der Waals surface area contributed by atoms with Crippen molar-refractivity contribution in [2.24, 2.45) is 0 Å². The molecule has 0 aliphatic heterocycles. The molecule has 57 heavy (non-hydrogen) atoms. The molecule has 0 saturated carbocycles. The highest BCUT2D eigenvalue weighted by molar-refractivity contribution is 6.20. The number of anilines is 3. The summed E-state index contributed by atoms with van der Waals surface area (Å²) < 4.78 is 9.22. The van der Waals surface area contributed by atoms with Crippen molar-refractivity contribution in [1.29, 1.82) is 0 Å². The fourth-order valence-electron chi connectivity index (χ4n) is 9.15. The molecule has 3 nitrogen and oxygen atoms in total. The summed E-state index contributed by atoms with van der Waals surface area (Å²) in [7, 11) is 0. The largest absolute Gasteiger partial charge is 0.454 e. The summed E-state index contributed by atoms with van der Waals surface area (Å²) in [4.78, 5) is 2.27. The molecule has 276 valence electrons. The molecule has 3 heteroatoms. The Balaban J connectivity index is 1.05. The van der Waals surface area contributed by atoms with Crippen LogP contribution in [-0.4, -0.2) is 4.57 Å². The molecule has 0 saturated heterocycles. The first-order valence-corrected chi connectivity index (χ1v) is 20.2. The van der Waals surface area contributed by atoms with Gasteiger partial charge in [0.1, 0.15) is 5.76 Å². The van der Waals surface area contributed by atoms with Crippen LogP contribution in [-0.2, 0) is 6.42 Å². The van der Waals surface area contributed by atoms with Crippen LogP contribution >= 0.6 is 0 Å². The molecule has 6 aromatic carbocycles. The van der Waals surface area contributed by atoms with Crippen molar-refractivity contribution >= 4 is 72.4 Å². The number of nitrogens with zero attached hydrogens (tertiary/aromatic N) is 2. The van der Waals surface area contributed by atoms with E-state index in [4.69, 9.17) is 4.42 Å². The lowest BCUT2D eigenvalue weighted by Gasteiger charge is -2.26. The maximum absolute atomic E-state index is 6.82. The highest BCUT2D eigenvalue weighted by Gasteiger charge is 2.29. The number of para-hydroxylation sites is 2. The molecule has 2 unspecified atom stereocenters. The van der Waals surface area contributed by atoms with E-state index in [1.807, 2.05) is 6.07 Å². The summed E-state index contributed by atoms with van der Waals surface area (Å²) in [6.07, 6.45) is 19.9.